The topological polar surface area (TPSA) is 58.6 Å². The summed E-state index contributed by atoms with van der Waals surface area (Å²) in [6, 6.07) is 8.22. The van der Waals surface area contributed by atoms with E-state index < -0.39 is 0 Å². The molecule has 0 bridgehead atoms. The van der Waals surface area contributed by atoms with Crippen LogP contribution >= 0.6 is 0 Å². The lowest BCUT2D eigenvalue weighted by Gasteiger charge is -2.21. The highest BCUT2D eigenvalue weighted by atomic mass is 16.5. The van der Waals surface area contributed by atoms with Crippen LogP contribution in [-0.4, -0.2) is 89.6 Å². The van der Waals surface area contributed by atoms with Crippen molar-refractivity contribution in [1.82, 2.24) is 15.1 Å². The molecule has 1 aromatic rings. The lowest BCUT2D eigenvalue weighted by Crippen LogP contribution is -2.40. The number of benzene rings is 1. The van der Waals surface area contributed by atoms with Gasteiger partial charge in [-0.1, -0.05) is 12.1 Å². The van der Waals surface area contributed by atoms with E-state index in [9.17, 15) is 0 Å². The van der Waals surface area contributed by atoms with Gasteiger partial charge >= 0.3 is 0 Å². The van der Waals surface area contributed by atoms with Gasteiger partial charge in [0.2, 0.25) is 0 Å². The van der Waals surface area contributed by atoms with Gasteiger partial charge in [-0.05, 0) is 45.1 Å². The Morgan fingerprint density at radius 1 is 1.28 bits per heavy atom. The van der Waals surface area contributed by atoms with E-state index in [2.05, 4.69) is 34.2 Å². The number of rotatable bonds is 12. The first-order valence-corrected chi connectivity index (χ1v) is 10.6. The quantitative estimate of drug-likeness (QED) is 0.326. The summed E-state index contributed by atoms with van der Waals surface area (Å²) < 4.78 is 16.6. The SMILES string of the molecule is CCNC(=NCc1cccc(OCCN(C)C)c1)N1CCC(COCCOC)C1. The van der Waals surface area contributed by atoms with Crippen LogP contribution in [0.5, 0.6) is 5.75 Å². The second-order valence-corrected chi connectivity index (χ2v) is 7.64. The Labute approximate surface area is 176 Å². The molecule has 2 rings (SSSR count). The molecule has 0 aliphatic carbocycles. The fourth-order valence-corrected chi connectivity index (χ4v) is 3.23. The first-order valence-electron chi connectivity index (χ1n) is 10.6. The third-order valence-electron chi connectivity index (χ3n) is 4.82. The number of nitrogens with one attached hydrogen (secondary N) is 1. The van der Waals surface area contributed by atoms with E-state index in [-0.39, 0.29) is 0 Å². The van der Waals surface area contributed by atoms with Crippen LogP contribution in [0.15, 0.2) is 29.3 Å². The smallest absolute Gasteiger partial charge is 0.194 e. The van der Waals surface area contributed by atoms with Crippen molar-refractivity contribution in [3.63, 3.8) is 0 Å². The third kappa shape index (κ3) is 9.02. The molecular formula is C22H38N4O3. The van der Waals surface area contributed by atoms with Gasteiger partial charge in [0.15, 0.2) is 5.96 Å². The van der Waals surface area contributed by atoms with Crippen molar-refractivity contribution < 1.29 is 14.2 Å². The summed E-state index contributed by atoms with van der Waals surface area (Å²) in [6.07, 6.45) is 1.13. The van der Waals surface area contributed by atoms with Gasteiger partial charge < -0.3 is 29.3 Å². The Morgan fingerprint density at radius 3 is 2.90 bits per heavy atom. The Kier molecular flexibility index (Phi) is 10.8. The lowest BCUT2D eigenvalue weighted by molar-refractivity contribution is 0.0536. The molecule has 1 heterocycles. The third-order valence-corrected chi connectivity index (χ3v) is 4.82. The largest absolute Gasteiger partial charge is 0.492 e. The minimum Gasteiger partial charge on any atom is -0.492 e. The van der Waals surface area contributed by atoms with Crippen LogP contribution in [0.3, 0.4) is 0 Å². The highest BCUT2D eigenvalue weighted by Gasteiger charge is 2.24. The maximum Gasteiger partial charge on any atom is 0.194 e. The zero-order chi connectivity index (χ0) is 20.9. The normalized spacial score (nSPS) is 17.2. The van der Waals surface area contributed by atoms with E-state index >= 15 is 0 Å². The minimum absolute atomic E-state index is 0.545. The summed E-state index contributed by atoms with van der Waals surface area (Å²) in [6.45, 7) is 9.28. The van der Waals surface area contributed by atoms with Crippen LogP contribution < -0.4 is 10.1 Å². The molecule has 1 aliphatic heterocycles. The lowest BCUT2D eigenvalue weighted by atomic mass is 10.1. The van der Waals surface area contributed by atoms with Gasteiger partial charge in [-0.25, -0.2) is 4.99 Å². The number of aliphatic imine (C=N–C) groups is 1. The maximum atomic E-state index is 5.84. The minimum atomic E-state index is 0.545. The van der Waals surface area contributed by atoms with Crippen LogP contribution in [0.1, 0.15) is 18.9 Å². The van der Waals surface area contributed by atoms with E-state index in [1.807, 2.05) is 26.2 Å². The molecule has 0 spiro atoms. The molecule has 0 saturated carbocycles. The Hall–Kier alpha value is -1.83. The van der Waals surface area contributed by atoms with Gasteiger partial charge in [0.1, 0.15) is 12.4 Å². The van der Waals surface area contributed by atoms with Crippen molar-refractivity contribution in [3.05, 3.63) is 29.8 Å². The summed E-state index contributed by atoms with van der Waals surface area (Å²) in [4.78, 5) is 9.32. The second-order valence-electron chi connectivity index (χ2n) is 7.64. The number of methoxy groups -OCH3 is 1. The molecule has 0 aromatic heterocycles. The second kappa shape index (κ2) is 13.4. The van der Waals surface area contributed by atoms with Gasteiger partial charge in [-0.15, -0.1) is 0 Å². The van der Waals surface area contributed by atoms with Crippen LogP contribution in [0.2, 0.25) is 0 Å². The fraction of sp³-hybridized carbons (Fsp3) is 0.682. The van der Waals surface area contributed by atoms with Gasteiger partial charge in [0, 0.05) is 39.2 Å². The first kappa shape index (κ1) is 23.4. The van der Waals surface area contributed by atoms with E-state index in [4.69, 9.17) is 19.2 Å². The standard InChI is InChI=1S/C22H38N4O3/c1-5-23-22(26-10-9-20(17-26)18-28-14-13-27-4)24-16-19-7-6-8-21(15-19)29-12-11-25(2)3/h6-8,15,20H,5,9-14,16-18H2,1-4H3,(H,23,24). The van der Waals surface area contributed by atoms with Crippen molar-refractivity contribution in [3.8, 4) is 5.75 Å². The number of guanidine groups is 1. The molecule has 1 aromatic carbocycles. The van der Waals surface area contributed by atoms with Crippen molar-refractivity contribution in [1.29, 1.82) is 0 Å². The average molecular weight is 407 g/mol. The van der Waals surface area contributed by atoms with E-state index in [1.54, 1.807) is 7.11 Å². The van der Waals surface area contributed by atoms with E-state index in [0.717, 1.165) is 56.5 Å². The number of nitrogens with zero attached hydrogens (tertiary/aromatic N) is 3. The van der Waals surface area contributed by atoms with E-state index in [0.29, 0.717) is 32.3 Å². The fourth-order valence-electron chi connectivity index (χ4n) is 3.23. The summed E-state index contributed by atoms with van der Waals surface area (Å²) in [5.74, 6) is 2.42. The molecule has 7 nitrogen and oxygen atoms in total. The molecule has 7 heteroatoms. The molecule has 1 saturated heterocycles. The van der Waals surface area contributed by atoms with Crippen molar-refractivity contribution >= 4 is 5.96 Å². The number of ether oxygens (including phenoxy) is 3. The van der Waals surface area contributed by atoms with Crippen molar-refractivity contribution in [2.45, 2.75) is 19.9 Å². The predicted octanol–water partition coefficient (Wildman–Crippen LogP) is 2.08. The molecular weight excluding hydrogens is 368 g/mol. The summed E-state index contributed by atoms with van der Waals surface area (Å²) in [7, 11) is 5.79. The highest BCUT2D eigenvalue weighted by molar-refractivity contribution is 5.80. The van der Waals surface area contributed by atoms with Crippen LogP contribution in [0, 0.1) is 5.92 Å². The molecule has 0 radical (unpaired) electrons. The van der Waals surface area contributed by atoms with Crippen LogP contribution in [-0.2, 0) is 16.0 Å². The molecule has 1 N–H and O–H groups in total. The highest BCUT2D eigenvalue weighted by Crippen LogP contribution is 2.18. The summed E-state index contributed by atoms with van der Waals surface area (Å²) >= 11 is 0. The Balaban J connectivity index is 1.87. The zero-order valence-corrected chi connectivity index (χ0v) is 18.5. The number of hydrogen-bond donors (Lipinski definition) is 1. The summed E-state index contributed by atoms with van der Waals surface area (Å²) in [5, 5.41) is 3.43. The zero-order valence-electron chi connectivity index (χ0n) is 18.5. The van der Waals surface area contributed by atoms with Crippen LogP contribution in [0.4, 0.5) is 0 Å². The number of likely N-dealkylation sites (N-methyl/N-ethyl adjacent to an activating group) is 1. The number of hydrogen-bond acceptors (Lipinski definition) is 5. The van der Waals surface area contributed by atoms with Gasteiger partial charge in [-0.3, -0.25) is 0 Å². The molecule has 0 amide bonds. The molecule has 1 fully saturated rings. The molecule has 1 aliphatic rings. The van der Waals surface area contributed by atoms with Crippen LogP contribution in [0.25, 0.3) is 0 Å². The molecule has 1 unspecified atom stereocenters. The van der Waals surface area contributed by atoms with Gasteiger partial charge in [-0.2, -0.15) is 0 Å². The maximum absolute atomic E-state index is 5.84. The van der Waals surface area contributed by atoms with Crippen molar-refractivity contribution in [2.75, 3.05) is 73.8 Å². The Morgan fingerprint density at radius 2 is 2.14 bits per heavy atom. The van der Waals surface area contributed by atoms with Crippen molar-refractivity contribution in [2.24, 2.45) is 10.9 Å². The summed E-state index contributed by atoms with van der Waals surface area (Å²) in [5.41, 5.74) is 1.15. The van der Waals surface area contributed by atoms with Gasteiger partial charge in [0.05, 0.1) is 26.4 Å². The molecule has 29 heavy (non-hydrogen) atoms. The average Bonchev–Trinajstić information content (AvgIpc) is 3.17. The molecule has 1 atom stereocenters. The number of likely N-dealkylation sites (tertiary alicyclic amines) is 1. The monoisotopic (exact) mass is 406 g/mol. The first-order chi connectivity index (χ1) is 14.1. The Bertz CT molecular complexity index is 609. The molecule has 164 valence electrons. The van der Waals surface area contributed by atoms with E-state index in [1.165, 1.54) is 0 Å². The predicted molar refractivity (Wildman–Crippen MR) is 118 cm³/mol. The van der Waals surface area contributed by atoms with Gasteiger partial charge in [0.25, 0.3) is 0 Å².